The highest BCUT2D eigenvalue weighted by atomic mass is 32.2. The lowest BCUT2D eigenvalue weighted by Crippen LogP contribution is -2.25. The number of nitrogens with one attached hydrogen (secondary N) is 1. The van der Waals surface area contributed by atoms with E-state index >= 15 is 0 Å². The quantitative estimate of drug-likeness (QED) is 0.621. The van der Waals surface area contributed by atoms with E-state index in [0.29, 0.717) is 18.5 Å². The van der Waals surface area contributed by atoms with Crippen molar-refractivity contribution < 1.29 is 17.8 Å². The Kier molecular flexibility index (Phi) is 4.63. The van der Waals surface area contributed by atoms with Crippen molar-refractivity contribution in [2.45, 2.75) is 18.2 Å². The number of hydrogen-bond donors (Lipinski definition) is 2. The van der Waals surface area contributed by atoms with Crippen LogP contribution in [-0.2, 0) is 21.3 Å². The molecule has 0 spiro atoms. The second-order valence-corrected chi connectivity index (χ2v) is 5.33. The lowest BCUT2D eigenvalue weighted by Gasteiger charge is -2.05. The zero-order chi connectivity index (χ0) is 13.8. The minimum atomic E-state index is -4.15. The van der Waals surface area contributed by atoms with Gasteiger partial charge in [0.15, 0.2) is 0 Å². The van der Waals surface area contributed by atoms with Crippen molar-refractivity contribution in [2.75, 3.05) is 6.54 Å². The van der Waals surface area contributed by atoms with Gasteiger partial charge in [0.2, 0.25) is 5.91 Å². The van der Waals surface area contributed by atoms with E-state index < -0.39 is 10.1 Å². The highest BCUT2D eigenvalue weighted by molar-refractivity contribution is 7.85. The molecule has 0 saturated heterocycles. The van der Waals surface area contributed by atoms with E-state index in [4.69, 9.17) is 4.55 Å². The SMILES string of the molecule is C=C(C)C(=O)NCCc1ccc(S(=O)(=O)O)cc1. The van der Waals surface area contributed by atoms with Crippen LogP contribution in [-0.4, -0.2) is 25.4 Å². The minimum absolute atomic E-state index is 0.141. The van der Waals surface area contributed by atoms with Gasteiger partial charge in [-0.3, -0.25) is 9.35 Å². The molecule has 0 saturated carbocycles. The summed E-state index contributed by atoms with van der Waals surface area (Å²) in [6, 6.07) is 5.84. The van der Waals surface area contributed by atoms with Crippen molar-refractivity contribution in [2.24, 2.45) is 0 Å². The molecule has 0 atom stereocenters. The summed E-state index contributed by atoms with van der Waals surface area (Å²) in [6.07, 6.45) is 0.574. The van der Waals surface area contributed by atoms with E-state index in [1.807, 2.05) is 0 Å². The molecule has 0 aliphatic rings. The molecule has 0 fully saturated rings. The first-order valence-corrected chi connectivity index (χ1v) is 6.75. The lowest BCUT2D eigenvalue weighted by atomic mass is 10.1. The molecule has 0 heterocycles. The fraction of sp³-hybridized carbons (Fsp3) is 0.250. The third-order valence-electron chi connectivity index (χ3n) is 2.31. The third kappa shape index (κ3) is 4.31. The molecule has 1 aromatic rings. The van der Waals surface area contributed by atoms with Crippen LogP contribution in [0.5, 0.6) is 0 Å². The summed E-state index contributed by atoms with van der Waals surface area (Å²) >= 11 is 0. The first-order valence-electron chi connectivity index (χ1n) is 5.31. The van der Waals surface area contributed by atoms with Crippen LogP contribution >= 0.6 is 0 Å². The van der Waals surface area contributed by atoms with Crippen LogP contribution in [0.3, 0.4) is 0 Å². The van der Waals surface area contributed by atoms with Crippen molar-refractivity contribution in [3.05, 3.63) is 42.0 Å². The summed E-state index contributed by atoms with van der Waals surface area (Å²) in [7, 11) is -4.15. The standard InChI is InChI=1S/C12H15NO4S/c1-9(2)12(14)13-8-7-10-3-5-11(6-4-10)18(15,16)17/h3-6H,1,7-8H2,2H3,(H,13,14)(H,15,16,17). The maximum absolute atomic E-state index is 11.2. The molecular weight excluding hydrogens is 254 g/mol. The number of benzene rings is 1. The highest BCUT2D eigenvalue weighted by Gasteiger charge is 2.08. The third-order valence-corrected chi connectivity index (χ3v) is 3.18. The summed E-state index contributed by atoms with van der Waals surface area (Å²) < 4.78 is 30.4. The topological polar surface area (TPSA) is 83.5 Å². The van der Waals surface area contributed by atoms with Crippen molar-refractivity contribution in [3.8, 4) is 0 Å². The summed E-state index contributed by atoms with van der Waals surface area (Å²) in [5.74, 6) is -0.204. The average Bonchev–Trinajstić information content (AvgIpc) is 2.28. The van der Waals surface area contributed by atoms with Crippen LogP contribution in [0.1, 0.15) is 12.5 Å². The van der Waals surface area contributed by atoms with Crippen LogP contribution in [0.15, 0.2) is 41.3 Å². The predicted octanol–water partition coefficient (Wildman–Crippen LogP) is 1.17. The Hall–Kier alpha value is -1.66. The molecule has 1 amide bonds. The molecule has 2 N–H and O–H groups in total. The van der Waals surface area contributed by atoms with E-state index in [9.17, 15) is 13.2 Å². The molecule has 0 unspecified atom stereocenters. The van der Waals surface area contributed by atoms with Crippen molar-refractivity contribution in [1.29, 1.82) is 0 Å². The Morgan fingerprint density at radius 1 is 1.33 bits per heavy atom. The molecule has 0 aliphatic carbocycles. The first kappa shape index (κ1) is 14.4. The largest absolute Gasteiger partial charge is 0.352 e. The molecule has 0 aromatic heterocycles. The van der Waals surface area contributed by atoms with Gasteiger partial charge in [0.25, 0.3) is 10.1 Å². The fourth-order valence-corrected chi connectivity index (χ4v) is 1.78. The zero-order valence-corrected chi connectivity index (χ0v) is 10.8. The molecule has 0 aliphatic heterocycles. The summed E-state index contributed by atoms with van der Waals surface area (Å²) in [4.78, 5) is 11.1. The van der Waals surface area contributed by atoms with Crippen LogP contribution in [0.25, 0.3) is 0 Å². The first-order chi connectivity index (χ1) is 8.30. The number of hydrogen-bond acceptors (Lipinski definition) is 3. The minimum Gasteiger partial charge on any atom is -0.352 e. The number of rotatable bonds is 5. The smallest absolute Gasteiger partial charge is 0.294 e. The van der Waals surface area contributed by atoms with Crippen LogP contribution in [0.2, 0.25) is 0 Å². The molecule has 5 nitrogen and oxygen atoms in total. The monoisotopic (exact) mass is 269 g/mol. The molecule has 0 radical (unpaired) electrons. The Morgan fingerprint density at radius 3 is 2.33 bits per heavy atom. The predicted molar refractivity (Wildman–Crippen MR) is 67.8 cm³/mol. The van der Waals surface area contributed by atoms with Crippen molar-refractivity contribution in [3.63, 3.8) is 0 Å². The van der Waals surface area contributed by atoms with E-state index in [-0.39, 0.29) is 10.8 Å². The lowest BCUT2D eigenvalue weighted by molar-refractivity contribution is -0.117. The molecular formula is C12H15NO4S. The Balaban J connectivity index is 2.55. The summed E-state index contributed by atoms with van der Waals surface area (Å²) in [5.41, 5.74) is 1.31. The van der Waals surface area contributed by atoms with Gasteiger partial charge in [-0.25, -0.2) is 0 Å². The van der Waals surface area contributed by atoms with E-state index in [1.54, 1.807) is 19.1 Å². The van der Waals surface area contributed by atoms with Gasteiger partial charge in [-0.15, -0.1) is 0 Å². The maximum Gasteiger partial charge on any atom is 0.294 e. The second-order valence-electron chi connectivity index (χ2n) is 3.91. The molecule has 1 aromatic carbocycles. The van der Waals surface area contributed by atoms with E-state index in [2.05, 4.69) is 11.9 Å². The van der Waals surface area contributed by atoms with E-state index in [0.717, 1.165) is 5.56 Å². The van der Waals surface area contributed by atoms with Crippen molar-refractivity contribution in [1.82, 2.24) is 5.32 Å². The van der Waals surface area contributed by atoms with Gasteiger partial charge in [-0.2, -0.15) is 8.42 Å². The number of carbonyl (C=O) groups excluding carboxylic acids is 1. The molecule has 0 bridgehead atoms. The number of carbonyl (C=O) groups is 1. The highest BCUT2D eigenvalue weighted by Crippen LogP contribution is 2.10. The molecule has 18 heavy (non-hydrogen) atoms. The van der Waals surface area contributed by atoms with Crippen molar-refractivity contribution >= 4 is 16.0 Å². The van der Waals surface area contributed by atoms with E-state index in [1.165, 1.54) is 12.1 Å². The van der Waals surface area contributed by atoms with Gasteiger partial charge in [0, 0.05) is 12.1 Å². The summed E-state index contributed by atoms with van der Waals surface area (Å²) in [5, 5.41) is 2.67. The van der Waals surface area contributed by atoms with Crippen LogP contribution < -0.4 is 5.32 Å². The Morgan fingerprint density at radius 2 is 1.89 bits per heavy atom. The van der Waals surface area contributed by atoms with Gasteiger partial charge >= 0.3 is 0 Å². The number of amides is 1. The Bertz CT molecular complexity index is 546. The second kappa shape index (κ2) is 5.79. The molecule has 98 valence electrons. The maximum atomic E-state index is 11.2. The average molecular weight is 269 g/mol. The normalized spacial score (nSPS) is 11.0. The molecule has 1 rings (SSSR count). The fourth-order valence-electron chi connectivity index (χ4n) is 1.30. The van der Waals surface area contributed by atoms with Gasteiger partial charge in [0.1, 0.15) is 0 Å². The van der Waals surface area contributed by atoms with Gasteiger partial charge in [-0.05, 0) is 31.0 Å². The summed E-state index contributed by atoms with van der Waals surface area (Å²) in [6.45, 7) is 5.58. The van der Waals surface area contributed by atoms with Gasteiger partial charge in [-0.1, -0.05) is 18.7 Å². The Labute approximate surface area is 106 Å². The van der Waals surface area contributed by atoms with Gasteiger partial charge < -0.3 is 5.32 Å². The molecule has 6 heteroatoms. The van der Waals surface area contributed by atoms with Crippen LogP contribution in [0.4, 0.5) is 0 Å². The zero-order valence-electron chi connectivity index (χ0n) is 10.0. The van der Waals surface area contributed by atoms with Gasteiger partial charge in [0.05, 0.1) is 4.90 Å². The van der Waals surface area contributed by atoms with Crippen LogP contribution in [0, 0.1) is 0 Å².